The van der Waals surface area contributed by atoms with E-state index in [2.05, 4.69) is 0 Å². The lowest BCUT2D eigenvalue weighted by atomic mass is 10.1. The lowest BCUT2D eigenvalue weighted by Crippen LogP contribution is -2.56. The number of esters is 2. The van der Waals surface area contributed by atoms with Crippen LogP contribution in [-0.4, -0.2) is 61.3 Å². The van der Waals surface area contributed by atoms with Gasteiger partial charge in [0.15, 0.2) is 0 Å². The lowest BCUT2D eigenvalue weighted by molar-refractivity contribution is 0.00702. The molecule has 0 fully saturated rings. The van der Waals surface area contributed by atoms with Crippen molar-refractivity contribution in [1.29, 1.82) is 0 Å². The Morgan fingerprint density at radius 1 is 0.689 bits per heavy atom. The first-order chi connectivity index (χ1) is 21.7. The van der Waals surface area contributed by atoms with Gasteiger partial charge in [-0.25, -0.2) is 37.7 Å². The third-order valence-corrected chi connectivity index (χ3v) is 7.34. The molecule has 0 saturated carbocycles. The number of carbonyl (C=O) groups excluding carboxylic acids is 2. The van der Waals surface area contributed by atoms with Gasteiger partial charge < -0.3 is 19.7 Å². The highest BCUT2D eigenvalue weighted by molar-refractivity contribution is 5.96. The molecule has 12 nitrogen and oxygen atoms in total. The average molecular weight is 614 g/mol. The van der Waals surface area contributed by atoms with Crippen LogP contribution >= 0.6 is 0 Å². The van der Waals surface area contributed by atoms with E-state index in [4.69, 9.17) is 9.47 Å². The zero-order valence-electron chi connectivity index (χ0n) is 24.4. The van der Waals surface area contributed by atoms with Gasteiger partial charge in [0.1, 0.15) is 18.8 Å². The zero-order valence-corrected chi connectivity index (χ0v) is 24.4. The van der Waals surface area contributed by atoms with Crippen molar-refractivity contribution in [2.24, 2.45) is 0 Å². The minimum atomic E-state index is -1.48. The van der Waals surface area contributed by atoms with Gasteiger partial charge in [-0.05, 0) is 52.7 Å². The van der Waals surface area contributed by atoms with Crippen molar-refractivity contribution in [3.63, 3.8) is 0 Å². The first-order valence-corrected chi connectivity index (χ1v) is 14.3. The van der Waals surface area contributed by atoms with Crippen molar-refractivity contribution >= 4 is 33.5 Å². The van der Waals surface area contributed by atoms with E-state index in [9.17, 15) is 34.2 Å². The minimum absolute atomic E-state index is 0.105. The Kier molecular flexibility index (Phi) is 9.36. The predicted molar refractivity (Wildman–Crippen MR) is 165 cm³/mol. The highest BCUT2D eigenvalue weighted by Gasteiger charge is 2.23. The van der Waals surface area contributed by atoms with Gasteiger partial charge in [0.05, 0.1) is 30.8 Å². The number of nitrogens with zero attached hydrogens (tertiary/aromatic N) is 3. The molecule has 0 amide bonds. The van der Waals surface area contributed by atoms with Crippen LogP contribution in [0.1, 0.15) is 27.6 Å². The fourth-order valence-electron chi connectivity index (χ4n) is 4.97. The molecule has 0 saturated heterocycles. The summed E-state index contributed by atoms with van der Waals surface area (Å²) in [4.78, 5) is 64.9. The molecule has 0 aliphatic heterocycles. The number of rotatable bonds is 11. The number of carbonyl (C=O) groups is 2. The molecule has 0 aliphatic rings. The third kappa shape index (κ3) is 6.77. The standard InChI is InChI=1S/C33H31N3O9/c1-2-34-31(41)35(17-27(38)20-44-29(39)25-13-11-21-7-3-5-9-23(21)15-25)33(43)36(32(34)42)18-28(19-37)45-30(40)26-14-12-22-8-4-6-10-24(22)16-26/h3-16,27-28,37-38H,2,17-20H2,1H3. The van der Waals surface area contributed by atoms with Crippen molar-refractivity contribution in [3.05, 3.63) is 128 Å². The molecule has 0 bridgehead atoms. The number of hydrogen-bond donors (Lipinski definition) is 2. The molecule has 0 aliphatic carbocycles. The van der Waals surface area contributed by atoms with Crippen LogP contribution in [-0.2, 0) is 29.1 Å². The molecule has 45 heavy (non-hydrogen) atoms. The number of benzene rings is 4. The highest BCUT2D eigenvalue weighted by Crippen LogP contribution is 2.18. The van der Waals surface area contributed by atoms with Gasteiger partial charge in [-0.1, -0.05) is 60.7 Å². The molecule has 0 spiro atoms. The van der Waals surface area contributed by atoms with E-state index in [-0.39, 0.29) is 17.7 Å². The topological polar surface area (TPSA) is 159 Å². The van der Waals surface area contributed by atoms with Crippen molar-refractivity contribution in [2.75, 3.05) is 13.2 Å². The Bertz CT molecular complexity index is 2060. The SMILES string of the molecule is CCn1c(=O)n(CC(O)COC(=O)c2ccc3ccccc3c2)c(=O)n(CC(CO)OC(=O)c2ccc3ccccc3c2)c1=O. The normalized spacial score (nSPS) is 12.6. The summed E-state index contributed by atoms with van der Waals surface area (Å²) in [5, 5.41) is 24.0. The third-order valence-electron chi connectivity index (χ3n) is 7.34. The number of aliphatic hydroxyl groups is 2. The van der Waals surface area contributed by atoms with E-state index in [1.807, 2.05) is 48.5 Å². The fraction of sp³-hybridized carbons (Fsp3) is 0.242. The Morgan fingerprint density at radius 2 is 1.18 bits per heavy atom. The molecule has 2 N–H and O–H groups in total. The summed E-state index contributed by atoms with van der Waals surface area (Å²) in [7, 11) is 0. The van der Waals surface area contributed by atoms with E-state index in [0.29, 0.717) is 9.13 Å². The molecule has 2 unspecified atom stereocenters. The maximum absolute atomic E-state index is 13.3. The van der Waals surface area contributed by atoms with E-state index < -0.39 is 67.5 Å². The monoisotopic (exact) mass is 613 g/mol. The van der Waals surface area contributed by atoms with Crippen molar-refractivity contribution in [2.45, 2.75) is 38.8 Å². The summed E-state index contributed by atoms with van der Waals surface area (Å²) in [6, 6.07) is 24.7. The Labute approximate surface area is 255 Å². The molecule has 2 atom stereocenters. The molecule has 4 aromatic carbocycles. The Balaban J connectivity index is 1.31. The van der Waals surface area contributed by atoms with Gasteiger partial charge >= 0.3 is 29.0 Å². The van der Waals surface area contributed by atoms with Gasteiger partial charge in [0.25, 0.3) is 0 Å². The molecular weight excluding hydrogens is 582 g/mol. The number of aliphatic hydroxyl groups excluding tert-OH is 2. The maximum Gasteiger partial charge on any atom is 0.338 e. The Hall–Kier alpha value is -5.33. The molecule has 12 heteroatoms. The van der Waals surface area contributed by atoms with Gasteiger partial charge in [-0.15, -0.1) is 0 Å². The second kappa shape index (κ2) is 13.5. The largest absolute Gasteiger partial charge is 0.459 e. The van der Waals surface area contributed by atoms with Crippen LogP contribution in [0.2, 0.25) is 0 Å². The number of aromatic nitrogens is 3. The van der Waals surface area contributed by atoms with Crippen LogP contribution < -0.4 is 17.1 Å². The maximum atomic E-state index is 13.3. The second-order valence-electron chi connectivity index (χ2n) is 10.4. The molecule has 1 heterocycles. The number of ether oxygens (including phenoxy) is 2. The van der Waals surface area contributed by atoms with Crippen LogP contribution in [0, 0.1) is 0 Å². The van der Waals surface area contributed by atoms with Crippen LogP contribution in [0.4, 0.5) is 0 Å². The highest BCUT2D eigenvalue weighted by atomic mass is 16.6. The summed E-state index contributed by atoms with van der Waals surface area (Å²) in [5.41, 5.74) is -2.57. The molecule has 5 rings (SSSR count). The summed E-state index contributed by atoms with van der Waals surface area (Å²) in [6.07, 6.45) is -2.78. The van der Waals surface area contributed by atoms with Crippen molar-refractivity contribution in [3.8, 4) is 0 Å². The van der Waals surface area contributed by atoms with Crippen LogP contribution in [0.25, 0.3) is 21.5 Å². The summed E-state index contributed by atoms with van der Waals surface area (Å²) < 4.78 is 12.7. The van der Waals surface area contributed by atoms with Crippen LogP contribution in [0.15, 0.2) is 99.3 Å². The van der Waals surface area contributed by atoms with Crippen molar-refractivity contribution in [1.82, 2.24) is 13.7 Å². The van der Waals surface area contributed by atoms with E-state index in [1.54, 1.807) is 36.4 Å². The molecule has 0 radical (unpaired) electrons. The van der Waals surface area contributed by atoms with Crippen LogP contribution in [0.5, 0.6) is 0 Å². The summed E-state index contributed by atoms with van der Waals surface area (Å²) in [6.45, 7) is -0.988. The summed E-state index contributed by atoms with van der Waals surface area (Å²) >= 11 is 0. The Morgan fingerprint density at radius 3 is 1.71 bits per heavy atom. The van der Waals surface area contributed by atoms with E-state index >= 15 is 0 Å². The van der Waals surface area contributed by atoms with Gasteiger partial charge in [-0.2, -0.15) is 0 Å². The van der Waals surface area contributed by atoms with E-state index in [1.165, 1.54) is 6.92 Å². The quantitative estimate of drug-likeness (QED) is 0.212. The smallest absolute Gasteiger partial charge is 0.338 e. The molecule has 1 aromatic heterocycles. The van der Waals surface area contributed by atoms with Gasteiger partial charge in [0.2, 0.25) is 0 Å². The number of fused-ring (bicyclic) bond motifs is 2. The molecular formula is C33H31N3O9. The minimum Gasteiger partial charge on any atom is -0.459 e. The van der Waals surface area contributed by atoms with E-state index in [0.717, 1.165) is 26.1 Å². The second-order valence-corrected chi connectivity index (χ2v) is 10.4. The molecule has 232 valence electrons. The first-order valence-electron chi connectivity index (χ1n) is 14.3. The predicted octanol–water partition coefficient (Wildman–Crippen LogP) is 1.93. The molecule has 5 aromatic rings. The number of hydrogen-bond acceptors (Lipinski definition) is 9. The van der Waals surface area contributed by atoms with Crippen LogP contribution in [0.3, 0.4) is 0 Å². The first kappa shape index (κ1) is 31.1. The van der Waals surface area contributed by atoms with Gasteiger partial charge in [0, 0.05) is 6.54 Å². The lowest BCUT2D eigenvalue weighted by Gasteiger charge is -2.19. The fourth-order valence-corrected chi connectivity index (χ4v) is 4.97. The van der Waals surface area contributed by atoms with Crippen molar-refractivity contribution < 1.29 is 29.3 Å². The summed E-state index contributed by atoms with van der Waals surface area (Å²) in [5.74, 6) is -1.48. The van der Waals surface area contributed by atoms with Gasteiger partial charge in [-0.3, -0.25) is 0 Å². The average Bonchev–Trinajstić information content (AvgIpc) is 3.06. The zero-order chi connectivity index (χ0) is 32.1.